The molecule has 0 fully saturated rings. The third-order valence-electron chi connectivity index (χ3n) is 4.50. The van der Waals surface area contributed by atoms with E-state index in [2.05, 4.69) is 15.4 Å². The molecule has 2 atom stereocenters. The van der Waals surface area contributed by atoms with E-state index in [0.29, 0.717) is 17.8 Å². The zero-order chi connectivity index (χ0) is 17.4. The summed E-state index contributed by atoms with van der Waals surface area (Å²) in [6.45, 7) is 0. The predicted octanol–water partition coefficient (Wildman–Crippen LogP) is 1.87. The van der Waals surface area contributed by atoms with E-state index in [1.807, 2.05) is 43.4 Å². The molecule has 0 bridgehead atoms. The molecule has 0 spiro atoms. The number of aromatic nitrogens is 3. The number of aliphatic hydroxyl groups excluding tert-OH is 1. The quantitative estimate of drug-likeness (QED) is 0.766. The highest BCUT2D eigenvalue weighted by Crippen LogP contribution is 2.31. The van der Waals surface area contributed by atoms with Gasteiger partial charge in [0.25, 0.3) is 5.91 Å². The fourth-order valence-corrected chi connectivity index (χ4v) is 3.21. The van der Waals surface area contributed by atoms with Crippen LogP contribution in [-0.4, -0.2) is 31.9 Å². The molecule has 0 aliphatic heterocycles. The Morgan fingerprint density at radius 3 is 2.68 bits per heavy atom. The molecule has 1 aromatic heterocycles. The average Bonchev–Trinajstić information content (AvgIpc) is 3.19. The van der Waals surface area contributed by atoms with E-state index >= 15 is 0 Å². The van der Waals surface area contributed by atoms with Crippen molar-refractivity contribution in [3.63, 3.8) is 0 Å². The molecule has 2 unspecified atom stereocenters. The molecule has 2 N–H and O–H groups in total. The minimum Gasteiger partial charge on any atom is -0.390 e. The minimum absolute atomic E-state index is 0.207. The molecule has 4 rings (SSSR count). The summed E-state index contributed by atoms with van der Waals surface area (Å²) in [6.07, 6.45) is 1.60. The fourth-order valence-electron chi connectivity index (χ4n) is 3.21. The van der Waals surface area contributed by atoms with Crippen molar-refractivity contribution in [2.24, 2.45) is 7.05 Å². The zero-order valence-electron chi connectivity index (χ0n) is 13.8. The summed E-state index contributed by atoms with van der Waals surface area (Å²) < 4.78 is 1.63. The number of aliphatic hydroxyl groups is 1. The van der Waals surface area contributed by atoms with Crippen LogP contribution in [0.5, 0.6) is 0 Å². The second-order valence-electron chi connectivity index (χ2n) is 6.24. The SMILES string of the molecule is Cn1cnc(-c2ccc(C(=O)NC3c4ccccc4CC3O)cc2)n1. The van der Waals surface area contributed by atoms with Gasteiger partial charge in [-0.3, -0.25) is 9.48 Å². The number of carbonyl (C=O) groups excluding carboxylic acids is 1. The van der Waals surface area contributed by atoms with Crippen molar-refractivity contribution in [3.8, 4) is 11.4 Å². The maximum atomic E-state index is 12.6. The monoisotopic (exact) mass is 334 g/mol. The van der Waals surface area contributed by atoms with Crippen molar-refractivity contribution in [2.75, 3.05) is 0 Å². The highest BCUT2D eigenvalue weighted by molar-refractivity contribution is 5.95. The highest BCUT2D eigenvalue weighted by Gasteiger charge is 2.32. The van der Waals surface area contributed by atoms with Gasteiger partial charge >= 0.3 is 0 Å². The van der Waals surface area contributed by atoms with E-state index in [1.54, 1.807) is 23.1 Å². The molecule has 2 aromatic carbocycles. The molecule has 0 radical (unpaired) electrons. The van der Waals surface area contributed by atoms with Crippen molar-refractivity contribution in [1.82, 2.24) is 20.1 Å². The van der Waals surface area contributed by atoms with Gasteiger partial charge in [0.1, 0.15) is 6.33 Å². The van der Waals surface area contributed by atoms with Gasteiger partial charge in [-0.05, 0) is 23.3 Å². The standard InChI is InChI=1S/C19H18N4O2/c1-23-11-20-18(22-23)12-6-8-13(9-7-12)19(25)21-17-15-5-3-2-4-14(15)10-16(17)24/h2-9,11,16-17,24H,10H2,1H3,(H,21,25). The first kappa shape index (κ1) is 15.5. The molecule has 1 aliphatic carbocycles. The summed E-state index contributed by atoms with van der Waals surface area (Å²) in [6, 6.07) is 14.6. The zero-order valence-corrected chi connectivity index (χ0v) is 13.8. The maximum absolute atomic E-state index is 12.6. The van der Waals surface area contributed by atoms with Crippen LogP contribution in [-0.2, 0) is 13.5 Å². The van der Waals surface area contributed by atoms with E-state index < -0.39 is 6.10 Å². The van der Waals surface area contributed by atoms with E-state index in [4.69, 9.17) is 0 Å². The van der Waals surface area contributed by atoms with Gasteiger partial charge in [-0.1, -0.05) is 36.4 Å². The van der Waals surface area contributed by atoms with Crippen LogP contribution in [0.4, 0.5) is 0 Å². The van der Waals surface area contributed by atoms with E-state index in [9.17, 15) is 9.90 Å². The van der Waals surface area contributed by atoms with Crippen LogP contribution in [0, 0.1) is 0 Å². The third-order valence-corrected chi connectivity index (χ3v) is 4.50. The molecule has 6 heteroatoms. The summed E-state index contributed by atoms with van der Waals surface area (Å²) in [4.78, 5) is 16.7. The number of carbonyl (C=O) groups is 1. The first-order valence-corrected chi connectivity index (χ1v) is 8.14. The molecular weight excluding hydrogens is 316 g/mol. The third kappa shape index (κ3) is 2.92. The summed E-state index contributed by atoms with van der Waals surface area (Å²) in [5.41, 5.74) is 3.45. The van der Waals surface area contributed by atoms with E-state index in [0.717, 1.165) is 16.7 Å². The van der Waals surface area contributed by atoms with Crippen LogP contribution >= 0.6 is 0 Å². The Morgan fingerprint density at radius 1 is 1.20 bits per heavy atom. The van der Waals surface area contributed by atoms with Crippen LogP contribution in [0.15, 0.2) is 54.9 Å². The van der Waals surface area contributed by atoms with Gasteiger partial charge < -0.3 is 10.4 Å². The van der Waals surface area contributed by atoms with E-state index in [-0.39, 0.29) is 11.9 Å². The summed E-state index contributed by atoms with van der Waals surface area (Å²) in [5.74, 6) is 0.413. The number of nitrogens with one attached hydrogen (secondary N) is 1. The molecular formula is C19H18N4O2. The lowest BCUT2D eigenvalue weighted by atomic mass is 10.1. The molecule has 6 nitrogen and oxygen atoms in total. The van der Waals surface area contributed by atoms with Gasteiger partial charge in [-0.15, -0.1) is 0 Å². The Balaban J connectivity index is 1.52. The van der Waals surface area contributed by atoms with Gasteiger partial charge in [0.2, 0.25) is 0 Å². The summed E-state index contributed by atoms with van der Waals surface area (Å²) in [5, 5.41) is 17.5. The number of amides is 1. The minimum atomic E-state index is -0.599. The van der Waals surface area contributed by atoms with E-state index in [1.165, 1.54) is 0 Å². The van der Waals surface area contributed by atoms with Crippen molar-refractivity contribution >= 4 is 5.91 Å². The number of hydrogen-bond donors (Lipinski definition) is 2. The lowest BCUT2D eigenvalue weighted by Gasteiger charge is -2.18. The number of aryl methyl sites for hydroxylation is 1. The predicted molar refractivity (Wildman–Crippen MR) is 92.8 cm³/mol. The first-order chi connectivity index (χ1) is 12.1. The Kier molecular flexibility index (Phi) is 3.82. The van der Waals surface area contributed by atoms with Crippen LogP contribution in [0.2, 0.25) is 0 Å². The van der Waals surface area contributed by atoms with Crippen LogP contribution in [0.3, 0.4) is 0 Å². The molecule has 126 valence electrons. The van der Waals surface area contributed by atoms with Crippen LogP contribution in [0.25, 0.3) is 11.4 Å². The van der Waals surface area contributed by atoms with Crippen molar-refractivity contribution < 1.29 is 9.90 Å². The number of fused-ring (bicyclic) bond motifs is 1. The average molecular weight is 334 g/mol. The van der Waals surface area contributed by atoms with Gasteiger partial charge in [0.15, 0.2) is 5.82 Å². The first-order valence-electron chi connectivity index (χ1n) is 8.14. The number of benzene rings is 2. The Hall–Kier alpha value is -2.99. The topological polar surface area (TPSA) is 80.0 Å². The van der Waals surface area contributed by atoms with Gasteiger partial charge in [-0.2, -0.15) is 5.10 Å². The normalized spacial score (nSPS) is 18.8. The largest absolute Gasteiger partial charge is 0.390 e. The molecule has 0 saturated carbocycles. The fraction of sp³-hybridized carbons (Fsp3) is 0.211. The smallest absolute Gasteiger partial charge is 0.251 e. The second-order valence-corrected chi connectivity index (χ2v) is 6.24. The van der Waals surface area contributed by atoms with Crippen molar-refractivity contribution in [2.45, 2.75) is 18.6 Å². The number of hydrogen-bond acceptors (Lipinski definition) is 4. The lowest BCUT2D eigenvalue weighted by Crippen LogP contribution is -2.33. The van der Waals surface area contributed by atoms with Crippen molar-refractivity contribution in [3.05, 3.63) is 71.5 Å². The van der Waals surface area contributed by atoms with Crippen LogP contribution < -0.4 is 5.32 Å². The number of rotatable bonds is 3. The molecule has 3 aromatic rings. The van der Waals surface area contributed by atoms with Crippen molar-refractivity contribution in [1.29, 1.82) is 0 Å². The lowest BCUT2D eigenvalue weighted by molar-refractivity contribution is 0.0858. The maximum Gasteiger partial charge on any atom is 0.251 e. The highest BCUT2D eigenvalue weighted by atomic mass is 16.3. The number of nitrogens with zero attached hydrogens (tertiary/aromatic N) is 3. The molecule has 1 heterocycles. The van der Waals surface area contributed by atoms with Crippen LogP contribution in [0.1, 0.15) is 27.5 Å². The second kappa shape index (κ2) is 6.14. The molecule has 1 amide bonds. The van der Waals surface area contributed by atoms with Gasteiger partial charge in [-0.25, -0.2) is 4.98 Å². The Morgan fingerprint density at radius 2 is 1.96 bits per heavy atom. The van der Waals surface area contributed by atoms with Gasteiger partial charge in [0, 0.05) is 24.6 Å². The summed E-state index contributed by atoms with van der Waals surface area (Å²) in [7, 11) is 1.81. The molecule has 25 heavy (non-hydrogen) atoms. The summed E-state index contributed by atoms with van der Waals surface area (Å²) >= 11 is 0. The Labute approximate surface area is 145 Å². The Bertz CT molecular complexity index is 917. The van der Waals surface area contributed by atoms with Gasteiger partial charge in [0.05, 0.1) is 12.1 Å². The molecule has 0 saturated heterocycles. The molecule has 1 aliphatic rings.